The molecule has 0 aliphatic carbocycles. The van der Waals surface area contributed by atoms with E-state index in [1.165, 1.54) is 0 Å². The molecular formula is C15H28N2O3S. The summed E-state index contributed by atoms with van der Waals surface area (Å²) < 4.78 is 33.1. The smallest absolute Gasteiger partial charge is 0.214 e. The summed E-state index contributed by atoms with van der Waals surface area (Å²) in [6.45, 7) is 6.15. The average Bonchev–Trinajstić information content (AvgIpc) is 2.96. The molecule has 3 aliphatic heterocycles. The third-order valence-corrected chi connectivity index (χ3v) is 7.42. The van der Waals surface area contributed by atoms with Crippen molar-refractivity contribution < 1.29 is 13.2 Å². The minimum Gasteiger partial charge on any atom is -0.370 e. The molecule has 2 bridgehead atoms. The molecule has 3 aliphatic rings. The van der Waals surface area contributed by atoms with Gasteiger partial charge in [0.25, 0.3) is 0 Å². The van der Waals surface area contributed by atoms with Crippen LogP contribution < -0.4 is 0 Å². The molecule has 0 N–H and O–H groups in total. The van der Waals surface area contributed by atoms with Gasteiger partial charge in [-0.15, -0.1) is 0 Å². The Kier molecular flexibility index (Phi) is 3.88. The maximum absolute atomic E-state index is 12.5. The zero-order chi connectivity index (χ0) is 15.4. The van der Waals surface area contributed by atoms with E-state index in [-0.39, 0.29) is 17.3 Å². The summed E-state index contributed by atoms with van der Waals surface area (Å²) in [7, 11) is 1.03. The molecule has 0 aromatic rings. The Labute approximate surface area is 128 Å². The number of sulfonamides is 1. The van der Waals surface area contributed by atoms with Gasteiger partial charge in [0.2, 0.25) is 10.0 Å². The molecule has 3 heterocycles. The lowest BCUT2D eigenvalue weighted by molar-refractivity contribution is 0.00738. The Morgan fingerprint density at radius 1 is 1.38 bits per heavy atom. The van der Waals surface area contributed by atoms with Crippen molar-refractivity contribution in [2.24, 2.45) is 17.8 Å². The van der Waals surface area contributed by atoms with Gasteiger partial charge >= 0.3 is 0 Å². The fraction of sp³-hybridized carbons (Fsp3) is 1.00. The van der Waals surface area contributed by atoms with Crippen LogP contribution in [0.15, 0.2) is 0 Å². The Balaban J connectivity index is 1.78. The summed E-state index contributed by atoms with van der Waals surface area (Å²) >= 11 is 0. The van der Waals surface area contributed by atoms with Crippen LogP contribution >= 0.6 is 0 Å². The molecule has 0 aromatic carbocycles. The van der Waals surface area contributed by atoms with Crippen molar-refractivity contribution in [2.45, 2.75) is 38.4 Å². The number of hydrogen-bond acceptors (Lipinski definition) is 4. The van der Waals surface area contributed by atoms with Gasteiger partial charge in [0.15, 0.2) is 0 Å². The minimum absolute atomic E-state index is 0.169. The monoisotopic (exact) mass is 316 g/mol. The molecule has 4 atom stereocenters. The van der Waals surface area contributed by atoms with E-state index < -0.39 is 10.0 Å². The van der Waals surface area contributed by atoms with Crippen molar-refractivity contribution in [1.82, 2.24) is 9.21 Å². The molecular weight excluding hydrogens is 288 g/mol. The van der Waals surface area contributed by atoms with Crippen LogP contribution in [0.1, 0.15) is 26.7 Å². The minimum atomic E-state index is -3.14. The highest BCUT2D eigenvalue weighted by Gasteiger charge is 2.64. The van der Waals surface area contributed by atoms with Crippen LogP contribution in [-0.4, -0.2) is 68.8 Å². The van der Waals surface area contributed by atoms with Crippen LogP contribution in [0.25, 0.3) is 0 Å². The molecule has 3 saturated heterocycles. The number of rotatable bonds is 5. The molecule has 0 radical (unpaired) electrons. The summed E-state index contributed by atoms with van der Waals surface area (Å²) in [6, 6.07) is 0. The molecule has 0 amide bonds. The largest absolute Gasteiger partial charge is 0.370 e. The third kappa shape index (κ3) is 2.64. The zero-order valence-electron chi connectivity index (χ0n) is 13.6. The van der Waals surface area contributed by atoms with Crippen LogP contribution in [0.3, 0.4) is 0 Å². The summed E-state index contributed by atoms with van der Waals surface area (Å²) in [5, 5.41) is 0. The molecule has 3 fully saturated rings. The number of hydrogen-bond donors (Lipinski definition) is 0. The molecule has 0 saturated carbocycles. The zero-order valence-corrected chi connectivity index (χ0v) is 14.4. The quantitative estimate of drug-likeness (QED) is 0.760. The van der Waals surface area contributed by atoms with Crippen molar-refractivity contribution >= 4 is 10.0 Å². The fourth-order valence-corrected chi connectivity index (χ4v) is 6.41. The van der Waals surface area contributed by atoms with E-state index in [0.717, 1.165) is 19.4 Å². The second-order valence-corrected chi connectivity index (χ2v) is 9.77. The topological polar surface area (TPSA) is 49.9 Å². The molecule has 21 heavy (non-hydrogen) atoms. The molecule has 0 aromatic heterocycles. The molecule has 5 nitrogen and oxygen atoms in total. The lowest BCUT2D eigenvalue weighted by Gasteiger charge is -2.31. The summed E-state index contributed by atoms with van der Waals surface area (Å²) in [4.78, 5) is 2.20. The Bertz CT molecular complexity index is 505. The summed E-state index contributed by atoms with van der Waals surface area (Å²) in [5.41, 5.74) is -0.185. The van der Waals surface area contributed by atoms with Crippen LogP contribution in [-0.2, 0) is 14.8 Å². The van der Waals surface area contributed by atoms with E-state index in [2.05, 4.69) is 19.0 Å². The van der Waals surface area contributed by atoms with E-state index in [1.807, 2.05) is 13.8 Å². The number of ether oxygens (including phenoxy) is 1. The maximum atomic E-state index is 12.5. The highest BCUT2D eigenvalue weighted by atomic mass is 32.2. The van der Waals surface area contributed by atoms with Crippen molar-refractivity contribution in [1.29, 1.82) is 0 Å². The summed E-state index contributed by atoms with van der Waals surface area (Å²) in [6.07, 6.45) is 2.46. The van der Waals surface area contributed by atoms with Crippen molar-refractivity contribution in [3.05, 3.63) is 0 Å². The van der Waals surface area contributed by atoms with Gasteiger partial charge in [0, 0.05) is 31.5 Å². The first-order valence-electron chi connectivity index (χ1n) is 8.04. The molecule has 6 heteroatoms. The normalized spacial score (nSPS) is 39.6. The highest BCUT2D eigenvalue weighted by molar-refractivity contribution is 7.89. The van der Waals surface area contributed by atoms with E-state index in [9.17, 15) is 8.42 Å². The van der Waals surface area contributed by atoms with E-state index in [4.69, 9.17) is 4.74 Å². The Hall–Kier alpha value is -0.170. The van der Waals surface area contributed by atoms with Crippen LogP contribution in [0, 0.1) is 17.8 Å². The van der Waals surface area contributed by atoms with Crippen LogP contribution in [0.5, 0.6) is 0 Å². The van der Waals surface area contributed by atoms with Gasteiger partial charge in [0.1, 0.15) is 0 Å². The molecule has 3 rings (SSSR count). The summed E-state index contributed by atoms with van der Waals surface area (Å²) in [5.74, 6) is 1.27. The first-order chi connectivity index (χ1) is 9.73. The van der Waals surface area contributed by atoms with Gasteiger partial charge in [0.05, 0.1) is 17.5 Å². The second kappa shape index (κ2) is 5.18. The Morgan fingerprint density at radius 3 is 2.71 bits per heavy atom. The number of fused-ring (bicyclic) bond motifs is 1. The van der Waals surface area contributed by atoms with Gasteiger partial charge in [-0.25, -0.2) is 8.42 Å². The molecule has 122 valence electrons. The van der Waals surface area contributed by atoms with E-state index in [1.54, 1.807) is 4.31 Å². The lowest BCUT2D eigenvalue weighted by Crippen LogP contribution is -2.40. The van der Waals surface area contributed by atoms with E-state index >= 15 is 0 Å². The van der Waals surface area contributed by atoms with E-state index in [0.29, 0.717) is 31.0 Å². The van der Waals surface area contributed by atoms with Crippen LogP contribution in [0.4, 0.5) is 0 Å². The fourth-order valence-electron chi connectivity index (χ4n) is 4.55. The highest BCUT2D eigenvalue weighted by Crippen LogP contribution is 2.55. The van der Waals surface area contributed by atoms with Gasteiger partial charge in [-0.2, -0.15) is 4.31 Å². The van der Waals surface area contributed by atoms with Gasteiger partial charge in [-0.3, -0.25) is 0 Å². The van der Waals surface area contributed by atoms with Gasteiger partial charge in [-0.05, 0) is 32.9 Å². The SMILES string of the molecule is CC(C)CS(=O)(=O)N1C[C@@H]2[C@H](CN(C)C)[C@H]3CC[C@]2(C1)O3. The van der Waals surface area contributed by atoms with Gasteiger partial charge in [-0.1, -0.05) is 13.8 Å². The first-order valence-corrected chi connectivity index (χ1v) is 9.65. The lowest BCUT2D eigenvalue weighted by atomic mass is 9.73. The third-order valence-electron chi connectivity index (χ3n) is 5.27. The average molecular weight is 316 g/mol. The van der Waals surface area contributed by atoms with Crippen molar-refractivity contribution in [3.8, 4) is 0 Å². The maximum Gasteiger partial charge on any atom is 0.214 e. The molecule has 1 spiro atoms. The number of nitrogens with zero attached hydrogens (tertiary/aromatic N) is 2. The Morgan fingerprint density at radius 2 is 2.10 bits per heavy atom. The van der Waals surface area contributed by atoms with Crippen molar-refractivity contribution in [2.75, 3.05) is 39.5 Å². The standard InChI is InChI=1S/C15H28N2O3S/c1-11(2)9-21(18,19)17-8-13-12(7-16(3)4)14-5-6-15(13,10-17)20-14/h11-14H,5-10H2,1-4H3/t12-,13+,14+,15+/m0/s1. The van der Waals surface area contributed by atoms with Gasteiger partial charge < -0.3 is 9.64 Å². The predicted octanol–water partition coefficient (Wildman–Crippen LogP) is 1.01. The first kappa shape index (κ1) is 15.7. The van der Waals surface area contributed by atoms with Crippen LogP contribution in [0.2, 0.25) is 0 Å². The second-order valence-electron chi connectivity index (χ2n) is 7.76. The predicted molar refractivity (Wildman–Crippen MR) is 82.6 cm³/mol. The molecule has 0 unspecified atom stereocenters. The van der Waals surface area contributed by atoms with Crippen molar-refractivity contribution in [3.63, 3.8) is 0 Å².